The van der Waals surface area contributed by atoms with Gasteiger partial charge in [0, 0.05) is 10.6 Å². The molecule has 1 unspecified atom stereocenters. The zero-order valence-corrected chi connectivity index (χ0v) is 18.6. The molecule has 1 heterocycles. The third-order valence-corrected chi connectivity index (χ3v) is 6.74. The highest BCUT2D eigenvalue weighted by molar-refractivity contribution is 6.30. The number of aliphatic hydroxyl groups is 2. The number of rotatable bonds is 4. The number of nitrogens with one attached hydrogen (secondary N) is 1. The SMILES string of the molecule is Cc1cc(C)c(C2=C(O)C3(CCC(OCc4cccc(Cl)c4)CC3)NC2O)c(C)c1. The molecule has 30 heavy (non-hydrogen) atoms. The van der Waals surface area contributed by atoms with Gasteiger partial charge in [-0.2, -0.15) is 0 Å². The normalized spacial score (nSPS) is 26.6. The molecule has 1 saturated carbocycles. The number of benzene rings is 2. The lowest BCUT2D eigenvalue weighted by molar-refractivity contribution is -0.00542. The van der Waals surface area contributed by atoms with Crippen LogP contribution in [0.25, 0.3) is 5.57 Å². The number of aryl methyl sites for hydroxylation is 3. The van der Waals surface area contributed by atoms with Crippen molar-refractivity contribution in [1.82, 2.24) is 5.32 Å². The van der Waals surface area contributed by atoms with Crippen LogP contribution in [0.1, 0.15) is 53.5 Å². The molecule has 1 spiro atoms. The molecule has 2 aromatic rings. The average molecular weight is 428 g/mol. The molecule has 0 amide bonds. The summed E-state index contributed by atoms with van der Waals surface area (Å²) in [5, 5.41) is 26.1. The maximum Gasteiger partial charge on any atom is 0.135 e. The molecule has 0 radical (unpaired) electrons. The van der Waals surface area contributed by atoms with E-state index in [0.717, 1.165) is 47.9 Å². The van der Waals surface area contributed by atoms with Gasteiger partial charge in [0.05, 0.1) is 18.2 Å². The van der Waals surface area contributed by atoms with Crippen LogP contribution < -0.4 is 5.32 Å². The first-order valence-corrected chi connectivity index (χ1v) is 11.0. The Morgan fingerprint density at radius 3 is 2.40 bits per heavy atom. The molecule has 3 N–H and O–H groups in total. The van der Waals surface area contributed by atoms with Gasteiger partial charge in [0.15, 0.2) is 0 Å². The van der Waals surface area contributed by atoms with Crippen molar-refractivity contribution in [3.63, 3.8) is 0 Å². The maximum absolute atomic E-state index is 11.2. The Kier molecular flexibility index (Phi) is 5.95. The maximum atomic E-state index is 11.2. The molecule has 1 atom stereocenters. The van der Waals surface area contributed by atoms with E-state index in [1.165, 1.54) is 5.56 Å². The second kappa shape index (κ2) is 8.35. The van der Waals surface area contributed by atoms with Gasteiger partial charge < -0.3 is 14.9 Å². The summed E-state index contributed by atoms with van der Waals surface area (Å²) in [6, 6.07) is 11.9. The van der Waals surface area contributed by atoms with Crippen molar-refractivity contribution in [2.24, 2.45) is 0 Å². The van der Waals surface area contributed by atoms with Crippen LogP contribution in [0.15, 0.2) is 42.2 Å². The molecule has 5 heteroatoms. The van der Waals surface area contributed by atoms with Gasteiger partial charge >= 0.3 is 0 Å². The van der Waals surface area contributed by atoms with E-state index in [0.29, 0.717) is 23.0 Å². The minimum Gasteiger partial charge on any atom is -0.510 e. The van der Waals surface area contributed by atoms with Crippen LogP contribution in [0, 0.1) is 20.8 Å². The standard InChI is InChI=1S/C25H30ClNO3/c1-15-11-16(2)21(17(3)12-15)22-23(28)25(27-24(22)29)9-7-20(8-10-25)30-14-18-5-4-6-19(26)13-18/h4-6,11-13,20,24,27-29H,7-10,14H2,1-3H3. The summed E-state index contributed by atoms with van der Waals surface area (Å²) in [5.74, 6) is 0.290. The molecule has 4 nitrogen and oxygen atoms in total. The molecule has 160 valence electrons. The Balaban J connectivity index is 1.49. The Morgan fingerprint density at radius 1 is 1.10 bits per heavy atom. The summed E-state index contributed by atoms with van der Waals surface area (Å²) in [4.78, 5) is 0. The zero-order chi connectivity index (χ0) is 21.5. The first kappa shape index (κ1) is 21.4. The van der Waals surface area contributed by atoms with Crippen LogP contribution in [0.5, 0.6) is 0 Å². The van der Waals surface area contributed by atoms with Crippen LogP contribution in [-0.2, 0) is 11.3 Å². The van der Waals surface area contributed by atoms with Crippen LogP contribution in [0.2, 0.25) is 5.02 Å². The lowest BCUT2D eigenvalue weighted by atomic mass is 9.79. The largest absolute Gasteiger partial charge is 0.510 e. The minimum absolute atomic E-state index is 0.133. The van der Waals surface area contributed by atoms with E-state index in [1.54, 1.807) is 0 Å². The molecule has 0 aromatic heterocycles. The van der Waals surface area contributed by atoms with Crippen LogP contribution in [0.3, 0.4) is 0 Å². The van der Waals surface area contributed by atoms with Crippen molar-refractivity contribution in [1.29, 1.82) is 0 Å². The Morgan fingerprint density at radius 2 is 1.77 bits per heavy atom. The van der Waals surface area contributed by atoms with Gasteiger partial charge in [-0.3, -0.25) is 5.32 Å². The minimum atomic E-state index is -0.867. The van der Waals surface area contributed by atoms with Gasteiger partial charge in [0.2, 0.25) is 0 Å². The molecule has 2 aromatic carbocycles. The number of ether oxygens (including phenoxy) is 1. The second-order valence-electron chi connectivity index (χ2n) is 8.81. The van der Waals surface area contributed by atoms with Gasteiger partial charge in [-0.1, -0.05) is 41.4 Å². The lowest BCUT2D eigenvalue weighted by Gasteiger charge is -2.37. The van der Waals surface area contributed by atoms with E-state index < -0.39 is 11.8 Å². The zero-order valence-electron chi connectivity index (χ0n) is 17.8. The summed E-state index contributed by atoms with van der Waals surface area (Å²) in [6.07, 6.45) is 2.36. The number of halogens is 1. The fourth-order valence-corrected chi connectivity index (χ4v) is 5.34. The summed E-state index contributed by atoms with van der Waals surface area (Å²) >= 11 is 6.05. The van der Waals surface area contributed by atoms with E-state index in [-0.39, 0.29) is 6.10 Å². The third-order valence-electron chi connectivity index (χ3n) is 6.50. The number of aliphatic hydroxyl groups excluding tert-OH is 2. The van der Waals surface area contributed by atoms with Gasteiger partial charge in [0.1, 0.15) is 12.0 Å². The van der Waals surface area contributed by atoms with Gasteiger partial charge in [-0.05, 0) is 80.8 Å². The van der Waals surface area contributed by atoms with Crippen molar-refractivity contribution in [2.75, 3.05) is 0 Å². The lowest BCUT2D eigenvalue weighted by Crippen LogP contribution is -2.49. The summed E-state index contributed by atoms with van der Waals surface area (Å²) in [6.45, 7) is 6.67. The molecule has 4 rings (SSSR count). The predicted octanol–water partition coefficient (Wildman–Crippen LogP) is 5.35. The monoisotopic (exact) mass is 427 g/mol. The highest BCUT2D eigenvalue weighted by Gasteiger charge is 2.48. The molecule has 1 aliphatic carbocycles. The molecule has 0 saturated heterocycles. The molecule has 1 fully saturated rings. The second-order valence-corrected chi connectivity index (χ2v) is 9.24. The topological polar surface area (TPSA) is 61.7 Å². The van der Waals surface area contributed by atoms with Crippen LogP contribution in [0.4, 0.5) is 0 Å². The fraction of sp³-hybridized carbons (Fsp3) is 0.440. The van der Waals surface area contributed by atoms with E-state index >= 15 is 0 Å². The smallest absolute Gasteiger partial charge is 0.135 e. The molecule has 1 aliphatic heterocycles. The van der Waals surface area contributed by atoms with E-state index in [2.05, 4.69) is 24.4 Å². The van der Waals surface area contributed by atoms with E-state index in [9.17, 15) is 10.2 Å². The third kappa shape index (κ3) is 4.02. The highest BCUT2D eigenvalue weighted by Crippen LogP contribution is 2.44. The van der Waals surface area contributed by atoms with Crippen molar-refractivity contribution in [2.45, 2.75) is 70.9 Å². The Labute approximate surface area is 183 Å². The van der Waals surface area contributed by atoms with Crippen molar-refractivity contribution in [3.05, 3.63) is 75.0 Å². The molecule has 0 bridgehead atoms. The van der Waals surface area contributed by atoms with Crippen molar-refractivity contribution in [3.8, 4) is 0 Å². The first-order chi connectivity index (χ1) is 14.3. The van der Waals surface area contributed by atoms with Gasteiger partial charge in [-0.25, -0.2) is 0 Å². The highest BCUT2D eigenvalue weighted by atomic mass is 35.5. The quantitative estimate of drug-likeness (QED) is 0.615. The van der Waals surface area contributed by atoms with Gasteiger partial charge in [0.25, 0.3) is 0 Å². The van der Waals surface area contributed by atoms with Gasteiger partial charge in [-0.15, -0.1) is 0 Å². The predicted molar refractivity (Wildman–Crippen MR) is 121 cm³/mol. The molecule has 2 aliphatic rings. The Hall–Kier alpha value is -1.85. The van der Waals surface area contributed by atoms with Crippen LogP contribution >= 0.6 is 11.6 Å². The summed E-state index contributed by atoms with van der Waals surface area (Å²) < 4.78 is 6.11. The van der Waals surface area contributed by atoms with Crippen molar-refractivity contribution < 1.29 is 14.9 Å². The first-order valence-electron chi connectivity index (χ1n) is 10.6. The summed E-state index contributed by atoms with van der Waals surface area (Å²) in [7, 11) is 0. The van der Waals surface area contributed by atoms with Crippen LogP contribution in [-0.4, -0.2) is 28.1 Å². The average Bonchev–Trinajstić information content (AvgIpc) is 2.91. The summed E-state index contributed by atoms with van der Waals surface area (Å²) in [5.41, 5.74) is 5.40. The fourth-order valence-electron chi connectivity index (χ4n) is 5.12. The Bertz CT molecular complexity index is 953. The molecular formula is C25H30ClNO3. The van der Waals surface area contributed by atoms with Crippen molar-refractivity contribution >= 4 is 17.2 Å². The van der Waals surface area contributed by atoms with E-state index in [4.69, 9.17) is 16.3 Å². The molecular weight excluding hydrogens is 398 g/mol. The number of hydrogen-bond acceptors (Lipinski definition) is 4. The van der Waals surface area contributed by atoms with E-state index in [1.807, 2.05) is 38.1 Å². The number of hydrogen-bond donors (Lipinski definition) is 3.